The van der Waals surface area contributed by atoms with Gasteiger partial charge in [-0.15, -0.1) is 0 Å². The van der Waals surface area contributed by atoms with Crippen molar-refractivity contribution in [1.82, 2.24) is 0 Å². The van der Waals surface area contributed by atoms with Crippen LogP contribution < -0.4 is 0 Å². The molecule has 1 saturated carbocycles. The molecular weight excluding hydrogens is 412 g/mol. The maximum Gasteiger partial charge on any atom is 0.187 e. The van der Waals surface area contributed by atoms with Crippen LogP contribution in [0.25, 0.3) is 0 Å². The number of benzene rings is 1. The molecule has 1 saturated heterocycles. The van der Waals surface area contributed by atoms with Gasteiger partial charge >= 0.3 is 0 Å². The Kier molecular flexibility index (Phi) is 8.97. The molecule has 1 N–H and O–H groups in total. The molecule has 1 heterocycles. The van der Waals surface area contributed by atoms with Crippen molar-refractivity contribution >= 4 is 9.84 Å². The molecule has 6 heteroatoms. The highest BCUT2D eigenvalue weighted by atomic mass is 32.2. The van der Waals surface area contributed by atoms with Crippen molar-refractivity contribution in [2.75, 3.05) is 19.8 Å². The van der Waals surface area contributed by atoms with Crippen LogP contribution in [0.4, 0.5) is 0 Å². The van der Waals surface area contributed by atoms with Crippen molar-refractivity contribution in [3.63, 3.8) is 0 Å². The molecule has 3 rings (SSSR count). The minimum atomic E-state index is -3.59. The van der Waals surface area contributed by atoms with Gasteiger partial charge in [0.1, 0.15) is 10.3 Å². The number of fused-ring (bicyclic) bond motifs is 1. The minimum Gasteiger partial charge on any atom is -0.396 e. The molecule has 0 bridgehead atoms. The van der Waals surface area contributed by atoms with E-state index in [0.29, 0.717) is 31.0 Å². The Labute approximate surface area is 188 Å². The highest BCUT2D eigenvalue weighted by Crippen LogP contribution is 2.52. The zero-order chi connectivity index (χ0) is 22.2. The molecule has 3 atom stereocenters. The van der Waals surface area contributed by atoms with Gasteiger partial charge in [0.05, 0.1) is 24.2 Å². The van der Waals surface area contributed by atoms with Gasteiger partial charge in [0.2, 0.25) is 0 Å². The second kappa shape index (κ2) is 11.3. The van der Waals surface area contributed by atoms with Gasteiger partial charge in [0, 0.05) is 6.61 Å². The molecule has 1 aliphatic heterocycles. The summed E-state index contributed by atoms with van der Waals surface area (Å²) in [5.41, 5.74) is -0.817. The molecule has 0 aromatic heterocycles. The van der Waals surface area contributed by atoms with E-state index in [-0.39, 0.29) is 12.7 Å². The van der Waals surface area contributed by atoms with Crippen molar-refractivity contribution in [1.29, 1.82) is 0 Å². The first-order valence-corrected chi connectivity index (χ1v) is 13.6. The smallest absolute Gasteiger partial charge is 0.187 e. The summed E-state index contributed by atoms with van der Waals surface area (Å²) in [4.78, 5) is 0.398. The molecule has 0 radical (unpaired) electrons. The summed E-state index contributed by atoms with van der Waals surface area (Å²) in [6.45, 7) is 3.26. The average molecular weight is 453 g/mol. The normalized spacial score (nSPS) is 28.9. The minimum absolute atomic E-state index is 0.167. The fourth-order valence-electron chi connectivity index (χ4n) is 5.62. The molecule has 1 aromatic carbocycles. The van der Waals surface area contributed by atoms with Crippen LogP contribution in [-0.2, 0) is 19.3 Å². The van der Waals surface area contributed by atoms with E-state index in [2.05, 4.69) is 0 Å². The summed E-state index contributed by atoms with van der Waals surface area (Å²) < 4.78 is 39.6. The lowest BCUT2D eigenvalue weighted by molar-refractivity contribution is -0.225. The third-order valence-electron chi connectivity index (χ3n) is 7.43. The van der Waals surface area contributed by atoms with Crippen LogP contribution in [0.3, 0.4) is 0 Å². The number of hydrogen-bond donors (Lipinski definition) is 1. The molecule has 31 heavy (non-hydrogen) atoms. The number of aliphatic hydroxyl groups is 1. The maximum absolute atomic E-state index is 14.1. The number of hydrogen-bond acceptors (Lipinski definition) is 5. The van der Waals surface area contributed by atoms with E-state index in [1.165, 1.54) is 12.8 Å². The fraction of sp³-hybridized carbons (Fsp3) is 0.760. The second-order valence-electron chi connectivity index (χ2n) is 9.32. The Morgan fingerprint density at radius 2 is 1.61 bits per heavy atom. The van der Waals surface area contributed by atoms with Crippen LogP contribution in [0.15, 0.2) is 35.2 Å². The Morgan fingerprint density at radius 1 is 0.968 bits per heavy atom. The van der Waals surface area contributed by atoms with Crippen LogP contribution in [0, 0.1) is 0 Å². The number of sulfone groups is 1. The third-order valence-corrected chi connectivity index (χ3v) is 10.2. The molecule has 0 spiro atoms. The lowest BCUT2D eigenvalue weighted by Crippen LogP contribution is -2.68. The highest BCUT2D eigenvalue weighted by Gasteiger charge is 2.64. The van der Waals surface area contributed by atoms with Gasteiger partial charge in [-0.2, -0.15) is 0 Å². The van der Waals surface area contributed by atoms with Crippen molar-refractivity contribution in [2.24, 2.45) is 0 Å². The van der Waals surface area contributed by atoms with E-state index in [9.17, 15) is 8.42 Å². The molecule has 176 valence electrons. The van der Waals surface area contributed by atoms with Gasteiger partial charge in [-0.3, -0.25) is 0 Å². The SMILES string of the molecule is CC12OCCOC1CCCC2(CCCCCCCCCCO)S(=O)(=O)c1ccccc1. The number of ether oxygens (including phenoxy) is 2. The van der Waals surface area contributed by atoms with Gasteiger partial charge in [-0.1, -0.05) is 63.1 Å². The highest BCUT2D eigenvalue weighted by molar-refractivity contribution is 7.93. The average Bonchev–Trinajstić information content (AvgIpc) is 2.78. The lowest BCUT2D eigenvalue weighted by atomic mass is 9.70. The van der Waals surface area contributed by atoms with Crippen molar-refractivity contribution in [3.05, 3.63) is 30.3 Å². The topological polar surface area (TPSA) is 72.8 Å². The summed E-state index contributed by atoms with van der Waals surface area (Å²) in [6.07, 6.45) is 11.3. The van der Waals surface area contributed by atoms with Gasteiger partial charge in [-0.25, -0.2) is 8.42 Å². The van der Waals surface area contributed by atoms with Gasteiger partial charge in [0.25, 0.3) is 0 Å². The lowest BCUT2D eigenvalue weighted by Gasteiger charge is -2.56. The standard InChI is InChI=1S/C25H40O5S/c1-24-23(29-20-21-30-24)16-13-18-25(24,31(27,28)22-14-9-8-10-15-22)17-11-6-4-2-3-5-7-12-19-26/h8-10,14-15,23,26H,2-7,11-13,16-21H2,1H3. The van der Waals surface area contributed by atoms with E-state index >= 15 is 0 Å². The van der Waals surface area contributed by atoms with E-state index in [0.717, 1.165) is 51.4 Å². The van der Waals surface area contributed by atoms with Crippen LogP contribution in [0.1, 0.15) is 84.0 Å². The maximum atomic E-state index is 14.1. The summed E-state index contributed by atoms with van der Waals surface area (Å²) >= 11 is 0. The zero-order valence-electron chi connectivity index (χ0n) is 19.1. The van der Waals surface area contributed by atoms with Crippen LogP contribution in [0.2, 0.25) is 0 Å². The molecule has 0 amide bonds. The fourth-order valence-corrected chi connectivity index (χ4v) is 8.13. The quantitative estimate of drug-likeness (QED) is 0.449. The van der Waals surface area contributed by atoms with Crippen molar-refractivity contribution in [2.45, 2.75) is 105 Å². The van der Waals surface area contributed by atoms with Crippen molar-refractivity contribution in [3.8, 4) is 0 Å². The third kappa shape index (κ3) is 5.18. The Morgan fingerprint density at radius 3 is 2.29 bits per heavy atom. The molecule has 2 aliphatic rings. The monoisotopic (exact) mass is 452 g/mol. The van der Waals surface area contributed by atoms with E-state index < -0.39 is 20.2 Å². The predicted octanol–water partition coefficient (Wildman–Crippen LogP) is 5.06. The summed E-state index contributed by atoms with van der Waals surface area (Å²) in [5, 5.41) is 8.87. The number of rotatable bonds is 12. The Bertz CT molecular complexity index is 763. The molecule has 2 fully saturated rings. The van der Waals surface area contributed by atoms with Crippen LogP contribution in [-0.4, -0.2) is 49.8 Å². The first kappa shape index (κ1) is 24.7. The summed E-state index contributed by atoms with van der Waals surface area (Å²) in [7, 11) is -3.59. The van der Waals surface area contributed by atoms with Crippen LogP contribution >= 0.6 is 0 Å². The molecule has 1 aliphatic carbocycles. The Hall–Kier alpha value is -0.950. The van der Waals surface area contributed by atoms with Gasteiger partial charge in [0.15, 0.2) is 9.84 Å². The first-order valence-electron chi connectivity index (χ1n) is 12.1. The molecular formula is C25H40O5S. The van der Waals surface area contributed by atoms with Crippen molar-refractivity contribution < 1.29 is 23.0 Å². The molecule has 1 aromatic rings. The second-order valence-corrected chi connectivity index (χ2v) is 11.6. The Balaban J connectivity index is 1.73. The van der Waals surface area contributed by atoms with E-state index in [1.54, 1.807) is 24.3 Å². The number of unbranched alkanes of at least 4 members (excludes halogenated alkanes) is 7. The zero-order valence-corrected chi connectivity index (χ0v) is 19.9. The molecule has 5 nitrogen and oxygen atoms in total. The summed E-state index contributed by atoms with van der Waals surface area (Å²) in [6, 6.07) is 8.91. The van der Waals surface area contributed by atoms with E-state index in [4.69, 9.17) is 14.6 Å². The van der Waals surface area contributed by atoms with E-state index in [1.807, 2.05) is 13.0 Å². The predicted molar refractivity (Wildman–Crippen MR) is 123 cm³/mol. The van der Waals surface area contributed by atoms with Gasteiger partial charge in [-0.05, 0) is 51.2 Å². The summed E-state index contributed by atoms with van der Waals surface area (Å²) in [5.74, 6) is 0. The largest absolute Gasteiger partial charge is 0.396 e. The van der Waals surface area contributed by atoms with Gasteiger partial charge < -0.3 is 14.6 Å². The number of aliphatic hydroxyl groups excluding tert-OH is 1. The molecule has 3 unspecified atom stereocenters. The first-order chi connectivity index (χ1) is 15.0. The van der Waals surface area contributed by atoms with Crippen LogP contribution in [0.5, 0.6) is 0 Å².